The molecule has 1 saturated carbocycles. The molecule has 0 bridgehead atoms. The molecule has 1 aromatic heterocycles. The van der Waals surface area contributed by atoms with Gasteiger partial charge in [0.1, 0.15) is 17.5 Å². The van der Waals surface area contributed by atoms with E-state index >= 15 is 0 Å². The molecule has 5 heteroatoms. The van der Waals surface area contributed by atoms with Crippen LogP contribution in [-0.2, 0) is 16.6 Å². The van der Waals surface area contributed by atoms with Gasteiger partial charge in [-0.05, 0) is 45.2 Å². The first kappa shape index (κ1) is 16.4. The minimum absolute atomic E-state index is 0.0552. The molecule has 0 radical (unpaired) electrons. The number of hydrogen-bond donors (Lipinski definition) is 0. The smallest absolute Gasteiger partial charge is 0.158 e. The van der Waals surface area contributed by atoms with Gasteiger partial charge in [-0.2, -0.15) is 5.26 Å². The van der Waals surface area contributed by atoms with Crippen LogP contribution in [-0.4, -0.2) is 21.8 Å². The highest BCUT2D eigenvalue weighted by molar-refractivity contribution is 6.12. The fraction of sp³-hybridized carbons (Fsp3) is 0.474. The van der Waals surface area contributed by atoms with E-state index in [9.17, 15) is 14.9 Å². The molecular formula is C19H21N3O2. The minimum Gasteiger partial charge on any atom is -0.340 e. The summed E-state index contributed by atoms with van der Waals surface area (Å²) in [6.45, 7) is 5.31. The average Bonchev–Trinajstić information content (AvgIpc) is 2.81. The third-order valence-corrected chi connectivity index (χ3v) is 5.31. The standard InChI is InChI=1S/C19H21N3O2/c1-10-17(12(3)23)18(14-8-13(9-20)22(4)11(14)2)19-15(21-10)6-5-7-16(19)24/h8,18-19H,5-7H2,1-4H3/t18-,19?/m1/s1. The minimum atomic E-state index is -0.367. The molecule has 0 N–H and O–H groups in total. The summed E-state index contributed by atoms with van der Waals surface area (Å²) in [4.78, 5) is 29.6. The Morgan fingerprint density at radius 1 is 1.33 bits per heavy atom. The highest BCUT2D eigenvalue weighted by Gasteiger charge is 2.43. The lowest BCUT2D eigenvalue weighted by Crippen LogP contribution is -2.38. The number of Topliss-reactive ketones (excluding diaryl/α,β-unsaturated/α-hetero) is 2. The van der Waals surface area contributed by atoms with E-state index in [-0.39, 0.29) is 23.4 Å². The molecule has 1 aromatic rings. The molecule has 2 aliphatic rings. The number of fused-ring (bicyclic) bond motifs is 1. The van der Waals surface area contributed by atoms with Gasteiger partial charge in [0, 0.05) is 42.1 Å². The second-order valence-corrected chi connectivity index (χ2v) is 6.67. The Bertz CT molecular complexity index is 849. The van der Waals surface area contributed by atoms with Crippen molar-refractivity contribution in [2.75, 3.05) is 0 Å². The number of nitriles is 1. The van der Waals surface area contributed by atoms with Gasteiger partial charge in [-0.25, -0.2) is 0 Å². The number of aromatic nitrogens is 1. The van der Waals surface area contributed by atoms with Crippen molar-refractivity contribution in [1.29, 1.82) is 5.26 Å². The lowest BCUT2D eigenvalue weighted by atomic mass is 9.68. The van der Waals surface area contributed by atoms with Crippen LogP contribution in [0.5, 0.6) is 0 Å². The summed E-state index contributed by atoms with van der Waals surface area (Å²) in [7, 11) is 1.84. The molecular weight excluding hydrogens is 302 g/mol. The van der Waals surface area contributed by atoms with Crippen LogP contribution in [0.4, 0.5) is 0 Å². The number of allylic oxidation sites excluding steroid dienone is 2. The lowest BCUT2D eigenvalue weighted by molar-refractivity contribution is -0.122. The molecule has 1 aliphatic carbocycles. The predicted molar refractivity (Wildman–Crippen MR) is 90.8 cm³/mol. The Labute approximate surface area is 141 Å². The number of aliphatic imine (C=N–C) groups is 1. The predicted octanol–water partition coefficient (Wildman–Crippen LogP) is 2.98. The topological polar surface area (TPSA) is 75.2 Å². The van der Waals surface area contributed by atoms with Crippen molar-refractivity contribution in [3.63, 3.8) is 0 Å². The number of nitrogens with zero attached hydrogens (tertiary/aromatic N) is 3. The zero-order valence-electron chi connectivity index (χ0n) is 14.5. The van der Waals surface area contributed by atoms with Gasteiger partial charge in [0.25, 0.3) is 0 Å². The molecule has 5 nitrogen and oxygen atoms in total. The largest absolute Gasteiger partial charge is 0.340 e. The molecule has 24 heavy (non-hydrogen) atoms. The van der Waals surface area contributed by atoms with Crippen LogP contribution in [0.1, 0.15) is 56.0 Å². The third kappa shape index (κ3) is 2.34. The van der Waals surface area contributed by atoms with E-state index in [4.69, 9.17) is 0 Å². The van der Waals surface area contributed by atoms with Crippen molar-refractivity contribution >= 4 is 17.3 Å². The Kier molecular flexibility index (Phi) is 4.00. The lowest BCUT2D eigenvalue weighted by Gasteiger charge is -2.35. The van der Waals surface area contributed by atoms with Crippen molar-refractivity contribution in [3.8, 4) is 6.07 Å². The number of hydrogen-bond acceptors (Lipinski definition) is 4. The molecule has 2 heterocycles. The average molecular weight is 323 g/mol. The van der Waals surface area contributed by atoms with Gasteiger partial charge in [-0.1, -0.05) is 0 Å². The normalized spacial score (nSPS) is 23.6. The van der Waals surface area contributed by atoms with Crippen LogP contribution in [0.3, 0.4) is 0 Å². The van der Waals surface area contributed by atoms with Crippen LogP contribution >= 0.6 is 0 Å². The Balaban J connectivity index is 2.26. The summed E-state index contributed by atoms with van der Waals surface area (Å²) in [5, 5.41) is 9.33. The maximum Gasteiger partial charge on any atom is 0.158 e. The van der Waals surface area contributed by atoms with E-state index in [1.165, 1.54) is 6.92 Å². The Hall–Kier alpha value is -2.48. The summed E-state index contributed by atoms with van der Waals surface area (Å²) in [6, 6.07) is 4.00. The second-order valence-electron chi connectivity index (χ2n) is 6.67. The first-order chi connectivity index (χ1) is 11.4. The van der Waals surface area contributed by atoms with E-state index in [1.807, 2.05) is 31.5 Å². The molecule has 3 rings (SSSR count). The molecule has 0 saturated heterocycles. The fourth-order valence-electron chi connectivity index (χ4n) is 4.07. The SMILES string of the molecule is CC(=O)C1=C(C)N=C2CCCC(=O)C2[C@@H]1c1cc(C#N)n(C)c1C. The zero-order chi connectivity index (χ0) is 17.6. The number of carbonyl (C=O) groups excluding carboxylic acids is 2. The first-order valence-corrected chi connectivity index (χ1v) is 8.25. The summed E-state index contributed by atoms with van der Waals surface area (Å²) in [5.74, 6) is -0.594. The van der Waals surface area contributed by atoms with E-state index in [2.05, 4.69) is 11.1 Å². The molecule has 0 aromatic carbocycles. The monoisotopic (exact) mass is 323 g/mol. The number of carbonyl (C=O) groups is 2. The van der Waals surface area contributed by atoms with Crippen LogP contribution in [0, 0.1) is 24.2 Å². The van der Waals surface area contributed by atoms with Gasteiger partial charge in [-0.3, -0.25) is 14.6 Å². The van der Waals surface area contributed by atoms with Crippen molar-refractivity contribution in [1.82, 2.24) is 4.57 Å². The van der Waals surface area contributed by atoms with Crippen LogP contribution in [0.2, 0.25) is 0 Å². The molecule has 0 amide bonds. The fourth-order valence-corrected chi connectivity index (χ4v) is 4.07. The van der Waals surface area contributed by atoms with Gasteiger partial charge in [0.2, 0.25) is 0 Å². The van der Waals surface area contributed by atoms with Gasteiger partial charge in [-0.15, -0.1) is 0 Å². The van der Waals surface area contributed by atoms with E-state index in [1.54, 1.807) is 0 Å². The van der Waals surface area contributed by atoms with Crippen molar-refractivity contribution in [3.05, 3.63) is 34.3 Å². The maximum absolute atomic E-state index is 12.7. The Morgan fingerprint density at radius 2 is 2.04 bits per heavy atom. The van der Waals surface area contributed by atoms with Crippen LogP contribution < -0.4 is 0 Å². The summed E-state index contributed by atoms with van der Waals surface area (Å²) < 4.78 is 1.82. The maximum atomic E-state index is 12.7. The van der Waals surface area contributed by atoms with Gasteiger partial charge in [0.05, 0.1) is 5.92 Å². The molecule has 2 atom stereocenters. The molecule has 124 valence electrons. The molecule has 1 fully saturated rings. The van der Waals surface area contributed by atoms with Crippen LogP contribution in [0.15, 0.2) is 22.3 Å². The summed E-state index contributed by atoms with van der Waals surface area (Å²) >= 11 is 0. The quantitative estimate of drug-likeness (QED) is 0.839. The highest BCUT2D eigenvalue weighted by atomic mass is 16.1. The second kappa shape index (κ2) is 5.86. The highest BCUT2D eigenvalue weighted by Crippen LogP contribution is 2.44. The van der Waals surface area contributed by atoms with Crippen molar-refractivity contribution < 1.29 is 9.59 Å². The van der Waals surface area contributed by atoms with Crippen molar-refractivity contribution in [2.45, 2.75) is 46.0 Å². The number of rotatable bonds is 2. The summed E-state index contributed by atoms with van der Waals surface area (Å²) in [5.41, 5.74) is 4.55. The van der Waals surface area contributed by atoms with Gasteiger partial charge in [0.15, 0.2) is 5.78 Å². The summed E-state index contributed by atoms with van der Waals surface area (Å²) in [6.07, 6.45) is 2.15. The van der Waals surface area contributed by atoms with E-state index in [0.717, 1.165) is 29.8 Å². The molecule has 1 unspecified atom stereocenters. The van der Waals surface area contributed by atoms with Gasteiger partial charge >= 0.3 is 0 Å². The van der Waals surface area contributed by atoms with E-state index < -0.39 is 0 Å². The van der Waals surface area contributed by atoms with E-state index in [0.29, 0.717) is 23.4 Å². The van der Waals surface area contributed by atoms with Gasteiger partial charge < -0.3 is 4.57 Å². The first-order valence-electron chi connectivity index (χ1n) is 8.25. The van der Waals surface area contributed by atoms with Crippen LogP contribution in [0.25, 0.3) is 0 Å². The van der Waals surface area contributed by atoms with Crippen molar-refractivity contribution in [2.24, 2.45) is 18.0 Å². The molecule has 1 aliphatic heterocycles. The number of ketones is 2. The Morgan fingerprint density at radius 3 is 2.62 bits per heavy atom. The zero-order valence-corrected chi connectivity index (χ0v) is 14.5. The molecule has 0 spiro atoms. The third-order valence-electron chi connectivity index (χ3n) is 5.31.